The molecule has 3 aromatic heterocycles. The fraction of sp³-hybridized carbons (Fsp3) is 0.0588. The van der Waals surface area contributed by atoms with E-state index in [0.717, 1.165) is 12.4 Å². The van der Waals surface area contributed by atoms with Gasteiger partial charge in [0.05, 0.1) is 24.3 Å². The summed E-state index contributed by atoms with van der Waals surface area (Å²) in [4.78, 5) is 11.7. The number of hydrogen-bond acceptors (Lipinski definition) is 4. The molecule has 26 heavy (non-hydrogen) atoms. The minimum Gasteiger partial charge on any atom is -0.242 e. The lowest BCUT2D eigenvalue weighted by atomic mass is 10.2. The summed E-state index contributed by atoms with van der Waals surface area (Å²) in [6, 6.07) is 7.42. The van der Waals surface area contributed by atoms with Gasteiger partial charge >= 0.3 is 0 Å². The molecule has 4 rings (SSSR count). The molecule has 0 atom stereocenters. The lowest BCUT2D eigenvalue weighted by Crippen LogP contribution is -2.05. The van der Waals surface area contributed by atoms with Crippen molar-refractivity contribution in [1.29, 1.82) is 0 Å². The Kier molecular flexibility index (Phi) is 4.04. The number of hydrogen-bond donors (Lipinski definition) is 0. The summed E-state index contributed by atoms with van der Waals surface area (Å²) in [5.74, 6) is -1.76. The third-order valence-corrected chi connectivity index (χ3v) is 4.01. The van der Waals surface area contributed by atoms with Gasteiger partial charge in [-0.15, -0.1) is 0 Å². The van der Waals surface area contributed by atoms with Crippen molar-refractivity contribution in [1.82, 2.24) is 24.7 Å². The third kappa shape index (κ3) is 2.88. The van der Waals surface area contributed by atoms with Gasteiger partial charge in [0.2, 0.25) is 0 Å². The molecule has 3 heterocycles. The quantitative estimate of drug-likeness (QED) is 0.508. The summed E-state index contributed by atoms with van der Waals surface area (Å²) in [6.07, 6.45) is 1.93. The van der Waals surface area contributed by atoms with Crippen molar-refractivity contribution in [3.8, 4) is 11.5 Å². The second-order valence-corrected chi connectivity index (χ2v) is 5.81. The molecule has 0 unspecified atom stereocenters. The van der Waals surface area contributed by atoms with Crippen LogP contribution in [0, 0.1) is 17.5 Å². The highest BCUT2D eigenvalue weighted by Gasteiger charge is 2.18. The number of aromatic nitrogens is 5. The predicted octanol–water partition coefficient (Wildman–Crippen LogP) is 4.01. The Morgan fingerprint density at radius 1 is 1.00 bits per heavy atom. The molecule has 4 aromatic rings. The van der Waals surface area contributed by atoms with Crippen LogP contribution in [-0.4, -0.2) is 24.7 Å². The van der Waals surface area contributed by atoms with E-state index in [9.17, 15) is 13.2 Å². The molecule has 0 aliphatic carbocycles. The Morgan fingerprint density at radius 2 is 1.81 bits per heavy atom. The molecule has 9 heteroatoms. The first-order valence-corrected chi connectivity index (χ1v) is 7.84. The molecule has 5 nitrogen and oxygen atoms in total. The van der Waals surface area contributed by atoms with Crippen molar-refractivity contribution in [3.05, 3.63) is 70.9 Å². The van der Waals surface area contributed by atoms with Crippen LogP contribution in [0.3, 0.4) is 0 Å². The van der Waals surface area contributed by atoms with E-state index < -0.39 is 17.5 Å². The Morgan fingerprint density at radius 3 is 2.58 bits per heavy atom. The lowest BCUT2D eigenvalue weighted by molar-refractivity contribution is 0.588. The van der Waals surface area contributed by atoms with E-state index in [1.807, 2.05) is 0 Å². The number of rotatable bonds is 3. The van der Waals surface area contributed by atoms with Gasteiger partial charge in [0.15, 0.2) is 22.4 Å². The Balaban J connectivity index is 1.89. The van der Waals surface area contributed by atoms with E-state index in [4.69, 9.17) is 11.6 Å². The summed E-state index contributed by atoms with van der Waals surface area (Å²) in [5, 5.41) is 4.25. The molecule has 0 radical (unpaired) electrons. The largest absolute Gasteiger partial charge is 0.242 e. The van der Waals surface area contributed by atoms with Crippen molar-refractivity contribution >= 4 is 22.6 Å². The molecule has 0 saturated carbocycles. The van der Waals surface area contributed by atoms with Gasteiger partial charge in [0.25, 0.3) is 0 Å². The molecule has 0 aliphatic heterocycles. The topological polar surface area (TPSA) is 56.5 Å². The maximum atomic E-state index is 14.0. The van der Waals surface area contributed by atoms with E-state index in [1.54, 1.807) is 18.2 Å². The lowest BCUT2D eigenvalue weighted by Gasteiger charge is -2.04. The van der Waals surface area contributed by atoms with Gasteiger partial charge in [-0.1, -0.05) is 29.8 Å². The van der Waals surface area contributed by atoms with Crippen molar-refractivity contribution in [2.24, 2.45) is 0 Å². The second kappa shape index (κ2) is 6.38. The average molecular weight is 376 g/mol. The van der Waals surface area contributed by atoms with Crippen LogP contribution < -0.4 is 0 Å². The molecule has 0 N–H and O–H groups in total. The van der Waals surface area contributed by atoms with Crippen LogP contribution in [0.4, 0.5) is 13.2 Å². The van der Waals surface area contributed by atoms with Crippen molar-refractivity contribution < 1.29 is 13.2 Å². The zero-order chi connectivity index (χ0) is 18.3. The van der Waals surface area contributed by atoms with Gasteiger partial charge in [-0.3, -0.25) is 0 Å². The van der Waals surface area contributed by atoms with E-state index >= 15 is 0 Å². The third-order valence-electron chi connectivity index (χ3n) is 3.74. The van der Waals surface area contributed by atoms with E-state index in [-0.39, 0.29) is 23.2 Å². The number of pyridine rings is 1. The van der Waals surface area contributed by atoms with Crippen LogP contribution in [0.15, 0.2) is 42.7 Å². The number of fused-ring (bicyclic) bond motifs is 1. The van der Waals surface area contributed by atoms with E-state index in [1.165, 1.54) is 16.8 Å². The van der Waals surface area contributed by atoms with Crippen LogP contribution in [0.5, 0.6) is 0 Å². The second-order valence-electron chi connectivity index (χ2n) is 5.45. The zero-order valence-corrected chi connectivity index (χ0v) is 13.8. The van der Waals surface area contributed by atoms with Crippen LogP contribution in [0.25, 0.3) is 22.6 Å². The molecular formula is C17H9ClF3N5. The fourth-order valence-corrected chi connectivity index (χ4v) is 2.69. The molecule has 130 valence electrons. The monoisotopic (exact) mass is 375 g/mol. The average Bonchev–Trinajstić information content (AvgIpc) is 2.97. The highest BCUT2D eigenvalue weighted by atomic mass is 35.5. The Hall–Kier alpha value is -3.00. The zero-order valence-electron chi connectivity index (χ0n) is 13.0. The molecule has 0 amide bonds. The van der Waals surface area contributed by atoms with Crippen LogP contribution in [-0.2, 0) is 6.54 Å². The molecular weight excluding hydrogens is 367 g/mol. The first kappa shape index (κ1) is 16.5. The molecule has 0 bridgehead atoms. The minimum absolute atomic E-state index is 0.0149. The standard InChI is InChI=1S/C17H9ClF3N5/c18-15-13(21)7-22-16(24-15)14-11-5-10(19)6-23-17(11)26(25-14)8-9-3-1-2-4-12(9)20/h1-7H,8H2. The smallest absolute Gasteiger partial charge is 0.182 e. The molecule has 0 aliphatic rings. The predicted molar refractivity (Wildman–Crippen MR) is 89.0 cm³/mol. The van der Waals surface area contributed by atoms with Gasteiger partial charge in [-0.25, -0.2) is 32.8 Å². The number of halogens is 4. The number of benzene rings is 1. The minimum atomic E-state index is -0.783. The normalized spacial score (nSPS) is 11.2. The SMILES string of the molecule is Fc1cnc2c(c1)c(-c1ncc(F)c(Cl)n1)nn2Cc1ccccc1F. The van der Waals surface area contributed by atoms with Gasteiger partial charge in [-0.2, -0.15) is 5.10 Å². The van der Waals surface area contributed by atoms with Crippen LogP contribution in [0.2, 0.25) is 5.15 Å². The highest BCUT2D eigenvalue weighted by Crippen LogP contribution is 2.27. The maximum absolute atomic E-state index is 14.0. The van der Waals surface area contributed by atoms with Gasteiger partial charge < -0.3 is 0 Å². The number of nitrogens with zero attached hydrogens (tertiary/aromatic N) is 5. The Bertz CT molecular complexity index is 1130. The van der Waals surface area contributed by atoms with E-state index in [2.05, 4.69) is 20.1 Å². The van der Waals surface area contributed by atoms with Crippen LogP contribution in [0.1, 0.15) is 5.56 Å². The fourth-order valence-electron chi connectivity index (χ4n) is 2.56. The van der Waals surface area contributed by atoms with Crippen molar-refractivity contribution in [2.45, 2.75) is 6.54 Å². The summed E-state index contributed by atoms with van der Waals surface area (Å²) < 4.78 is 42.4. The molecule has 0 saturated heterocycles. The first-order valence-electron chi connectivity index (χ1n) is 7.47. The first-order chi connectivity index (χ1) is 12.5. The summed E-state index contributed by atoms with van der Waals surface area (Å²) in [6.45, 7) is 0.0662. The van der Waals surface area contributed by atoms with Crippen molar-refractivity contribution in [2.75, 3.05) is 0 Å². The van der Waals surface area contributed by atoms with Gasteiger partial charge in [0.1, 0.15) is 17.3 Å². The highest BCUT2D eigenvalue weighted by molar-refractivity contribution is 6.29. The summed E-state index contributed by atoms with van der Waals surface area (Å²) in [7, 11) is 0. The maximum Gasteiger partial charge on any atom is 0.182 e. The summed E-state index contributed by atoms with van der Waals surface area (Å²) in [5.41, 5.74) is 0.867. The summed E-state index contributed by atoms with van der Waals surface area (Å²) >= 11 is 5.70. The van der Waals surface area contributed by atoms with E-state index in [0.29, 0.717) is 16.6 Å². The Labute approximate surface area is 150 Å². The van der Waals surface area contributed by atoms with Crippen LogP contribution >= 0.6 is 11.6 Å². The van der Waals surface area contributed by atoms with Gasteiger partial charge in [0, 0.05) is 5.56 Å². The molecule has 0 spiro atoms. The molecule has 1 aromatic carbocycles. The van der Waals surface area contributed by atoms with Gasteiger partial charge in [-0.05, 0) is 12.1 Å². The molecule has 0 fully saturated rings. The van der Waals surface area contributed by atoms with Crippen molar-refractivity contribution in [3.63, 3.8) is 0 Å².